The van der Waals surface area contributed by atoms with E-state index >= 15 is 0 Å². The highest BCUT2D eigenvalue weighted by Crippen LogP contribution is 2.39. The molecule has 2 aliphatic rings. The average molecular weight is 634 g/mol. The first-order valence-corrected chi connectivity index (χ1v) is 15.1. The second-order valence-corrected chi connectivity index (χ2v) is 12.8. The lowest BCUT2D eigenvalue weighted by atomic mass is 9.73. The molecule has 2 heterocycles. The molecule has 210 valence electrons. The van der Waals surface area contributed by atoms with Crippen LogP contribution in [0, 0.1) is 18.6 Å². The van der Waals surface area contributed by atoms with Crippen LogP contribution in [0.15, 0.2) is 76.1 Å². The van der Waals surface area contributed by atoms with Crippen LogP contribution in [0.5, 0.6) is 0 Å². The van der Waals surface area contributed by atoms with Crippen LogP contribution in [0.4, 0.5) is 14.5 Å². The number of piperidine rings is 1. The van der Waals surface area contributed by atoms with Gasteiger partial charge in [0.15, 0.2) is 17.7 Å². The molecule has 0 N–H and O–H groups in total. The molecular formula is C29H27BrF2N2O5S. The third-order valence-corrected chi connectivity index (χ3v) is 10.5. The van der Waals surface area contributed by atoms with Crippen LogP contribution < -0.4 is 4.90 Å². The Hall–Kier alpha value is -3.15. The molecule has 0 aliphatic carbocycles. The van der Waals surface area contributed by atoms with E-state index < -0.39 is 39.1 Å². The van der Waals surface area contributed by atoms with E-state index in [1.165, 1.54) is 0 Å². The number of ether oxygens (including phenoxy) is 1. The highest BCUT2D eigenvalue weighted by atomic mass is 79.9. The Morgan fingerprint density at radius 3 is 2.33 bits per heavy atom. The highest BCUT2D eigenvalue weighted by Gasteiger charge is 2.48. The Morgan fingerprint density at radius 2 is 1.68 bits per heavy atom. The molecule has 1 atom stereocenters. The van der Waals surface area contributed by atoms with E-state index in [9.17, 15) is 26.8 Å². The number of rotatable bonds is 6. The summed E-state index contributed by atoms with van der Waals surface area (Å²) >= 11 is 3.46. The monoisotopic (exact) mass is 632 g/mol. The fourth-order valence-electron chi connectivity index (χ4n) is 5.32. The molecule has 2 saturated heterocycles. The van der Waals surface area contributed by atoms with Gasteiger partial charge in [-0.25, -0.2) is 17.2 Å². The number of sulfonamides is 1. The van der Waals surface area contributed by atoms with Crippen LogP contribution in [0.2, 0.25) is 0 Å². The van der Waals surface area contributed by atoms with Crippen molar-refractivity contribution in [1.82, 2.24) is 4.31 Å². The van der Waals surface area contributed by atoms with Crippen LogP contribution in [-0.4, -0.2) is 50.3 Å². The molecule has 0 bridgehead atoms. The normalized spacial score (nSPS) is 19.6. The molecular weight excluding hydrogens is 606 g/mol. The summed E-state index contributed by atoms with van der Waals surface area (Å²) in [6, 6.07) is 17.0. The van der Waals surface area contributed by atoms with Crippen LogP contribution in [-0.2, 0) is 29.8 Å². The fourth-order valence-corrected chi connectivity index (χ4v) is 7.02. The standard InChI is InChI=1S/C29H27BrF2N2O5S/c1-19-17-21(7-9-23(19)30)34-14-11-26(27(34)35)39-28(36)29(20-5-3-2-4-6-20)12-15-33(16-13-29)40(37,38)22-8-10-24(31)25(32)18-22/h2-10,17-18,26H,11-16H2,1H3. The number of halogens is 3. The summed E-state index contributed by atoms with van der Waals surface area (Å²) in [6.07, 6.45) is -0.438. The van der Waals surface area contributed by atoms with Gasteiger partial charge < -0.3 is 9.64 Å². The molecule has 0 spiro atoms. The molecule has 2 fully saturated rings. The molecule has 0 radical (unpaired) electrons. The quantitative estimate of drug-likeness (QED) is 0.353. The number of anilines is 1. The van der Waals surface area contributed by atoms with E-state index in [1.54, 1.807) is 29.2 Å². The van der Waals surface area contributed by atoms with Gasteiger partial charge in [-0.1, -0.05) is 46.3 Å². The minimum Gasteiger partial charge on any atom is -0.451 e. The minimum absolute atomic E-state index is 0.0474. The third kappa shape index (κ3) is 5.17. The van der Waals surface area contributed by atoms with Gasteiger partial charge in [0.25, 0.3) is 5.91 Å². The molecule has 1 amide bonds. The lowest BCUT2D eigenvalue weighted by Crippen LogP contribution is -2.50. The summed E-state index contributed by atoms with van der Waals surface area (Å²) in [6.45, 7) is 2.23. The van der Waals surface area contributed by atoms with E-state index in [-0.39, 0.29) is 36.7 Å². The summed E-state index contributed by atoms with van der Waals surface area (Å²) in [5.74, 6) is -3.29. The Kier molecular flexibility index (Phi) is 7.82. The van der Waals surface area contributed by atoms with Crippen LogP contribution in [0.3, 0.4) is 0 Å². The van der Waals surface area contributed by atoms with E-state index in [2.05, 4.69) is 15.9 Å². The number of aryl methyl sites for hydroxylation is 1. The molecule has 2 aliphatic heterocycles. The van der Waals surface area contributed by atoms with Crippen LogP contribution >= 0.6 is 15.9 Å². The number of nitrogens with zero attached hydrogens (tertiary/aromatic N) is 2. The van der Waals surface area contributed by atoms with Gasteiger partial charge in [0, 0.05) is 36.2 Å². The highest BCUT2D eigenvalue weighted by molar-refractivity contribution is 9.10. The molecule has 5 rings (SSSR count). The van der Waals surface area contributed by atoms with Gasteiger partial charge in [-0.15, -0.1) is 0 Å². The Labute approximate surface area is 239 Å². The maximum absolute atomic E-state index is 13.8. The summed E-state index contributed by atoms with van der Waals surface area (Å²) in [5.41, 5.74) is 1.18. The SMILES string of the molecule is Cc1cc(N2CCC(OC(=O)C3(c4ccccc4)CCN(S(=O)(=O)c4ccc(F)c(F)c4)CC3)C2=O)ccc1Br. The summed E-state index contributed by atoms with van der Waals surface area (Å²) in [4.78, 5) is 28.3. The summed E-state index contributed by atoms with van der Waals surface area (Å²) in [7, 11) is -4.12. The Bertz CT molecular complexity index is 1560. The van der Waals surface area contributed by atoms with Gasteiger partial charge in [-0.05, 0) is 67.3 Å². The predicted molar refractivity (Wildman–Crippen MR) is 148 cm³/mol. The van der Waals surface area contributed by atoms with Crippen molar-refractivity contribution in [2.45, 2.75) is 42.6 Å². The topological polar surface area (TPSA) is 84.0 Å². The van der Waals surface area contributed by atoms with Gasteiger partial charge in [0.2, 0.25) is 10.0 Å². The van der Waals surface area contributed by atoms with Crippen molar-refractivity contribution in [3.05, 3.63) is 94.0 Å². The van der Waals surface area contributed by atoms with Gasteiger partial charge in [0.05, 0.1) is 10.3 Å². The molecule has 7 nitrogen and oxygen atoms in total. The largest absolute Gasteiger partial charge is 0.451 e. The molecule has 3 aromatic rings. The molecule has 0 aromatic heterocycles. The van der Waals surface area contributed by atoms with Crippen molar-refractivity contribution in [2.75, 3.05) is 24.5 Å². The second kappa shape index (κ2) is 11.0. The van der Waals surface area contributed by atoms with Gasteiger partial charge >= 0.3 is 5.97 Å². The number of carbonyl (C=O) groups excluding carboxylic acids is 2. The van der Waals surface area contributed by atoms with Crippen LogP contribution in [0.25, 0.3) is 0 Å². The van der Waals surface area contributed by atoms with E-state index in [4.69, 9.17) is 4.74 Å². The first kappa shape index (κ1) is 28.4. The number of hydrogen-bond acceptors (Lipinski definition) is 5. The number of amides is 1. The minimum atomic E-state index is -4.12. The van der Waals surface area contributed by atoms with E-state index in [0.717, 1.165) is 32.2 Å². The predicted octanol–water partition coefficient (Wildman–Crippen LogP) is 5.11. The molecule has 40 heavy (non-hydrogen) atoms. The summed E-state index contributed by atoms with van der Waals surface area (Å²) < 4.78 is 61.5. The zero-order valence-corrected chi connectivity index (χ0v) is 24.1. The summed E-state index contributed by atoms with van der Waals surface area (Å²) in [5, 5.41) is 0. The van der Waals surface area contributed by atoms with Gasteiger partial charge in [0.1, 0.15) is 0 Å². The first-order valence-electron chi connectivity index (χ1n) is 12.8. The van der Waals surface area contributed by atoms with Crippen molar-refractivity contribution in [2.24, 2.45) is 0 Å². The lowest BCUT2D eigenvalue weighted by Gasteiger charge is -2.40. The zero-order chi connectivity index (χ0) is 28.7. The fraction of sp³-hybridized carbons (Fsp3) is 0.310. The average Bonchev–Trinajstić information content (AvgIpc) is 3.31. The van der Waals surface area contributed by atoms with Gasteiger partial charge in [-0.3, -0.25) is 9.59 Å². The number of hydrogen-bond donors (Lipinski definition) is 0. The van der Waals surface area contributed by atoms with Crippen LogP contribution in [0.1, 0.15) is 30.4 Å². The molecule has 0 saturated carbocycles. The van der Waals surface area contributed by atoms with E-state index in [0.29, 0.717) is 24.6 Å². The Balaban J connectivity index is 1.36. The second-order valence-electron chi connectivity index (χ2n) is 10.0. The van der Waals surface area contributed by atoms with Crippen molar-refractivity contribution < 1.29 is 31.5 Å². The van der Waals surface area contributed by atoms with Crippen molar-refractivity contribution in [3.8, 4) is 0 Å². The molecule has 11 heteroatoms. The lowest BCUT2D eigenvalue weighted by molar-refractivity contribution is -0.161. The maximum atomic E-state index is 13.8. The smallest absolute Gasteiger partial charge is 0.317 e. The van der Waals surface area contributed by atoms with Crippen molar-refractivity contribution in [3.63, 3.8) is 0 Å². The molecule has 3 aromatic carbocycles. The first-order chi connectivity index (χ1) is 19.0. The number of carbonyl (C=O) groups is 2. The zero-order valence-electron chi connectivity index (χ0n) is 21.6. The van der Waals surface area contributed by atoms with Crippen molar-refractivity contribution >= 4 is 43.5 Å². The van der Waals surface area contributed by atoms with E-state index in [1.807, 2.05) is 31.2 Å². The Morgan fingerprint density at radius 1 is 0.975 bits per heavy atom. The van der Waals surface area contributed by atoms with Crippen molar-refractivity contribution in [1.29, 1.82) is 0 Å². The maximum Gasteiger partial charge on any atom is 0.317 e. The third-order valence-electron chi connectivity index (χ3n) is 7.68. The van der Waals surface area contributed by atoms with Gasteiger partial charge in [-0.2, -0.15) is 4.31 Å². The number of benzene rings is 3. The number of esters is 1. The molecule has 1 unspecified atom stereocenters.